The van der Waals surface area contributed by atoms with Crippen molar-refractivity contribution in [2.75, 3.05) is 12.4 Å². The van der Waals surface area contributed by atoms with Gasteiger partial charge in [-0.15, -0.1) is 11.3 Å². The number of rotatable bonds is 7. The van der Waals surface area contributed by atoms with Crippen molar-refractivity contribution in [3.05, 3.63) is 62.5 Å². The van der Waals surface area contributed by atoms with E-state index in [9.17, 15) is 22.8 Å². The Morgan fingerprint density at radius 3 is 2.64 bits per heavy atom. The fraction of sp³-hybridized carbons (Fsp3) is 0.286. The van der Waals surface area contributed by atoms with E-state index in [0.717, 1.165) is 17.4 Å². The number of nitrogens with one attached hydrogen (secondary N) is 1. The van der Waals surface area contributed by atoms with Crippen molar-refractivity contribution in [3.8, 4) is 5.88 Å². The van der Waals surface area contributed by atoms with Gasteiger partial charge in [-0.05, 0) is 24.6 Å². The zero-order valence-electron chi connectivity index (χ0n) is 17.7. The van der Waals surface area contributed by atoms with Crippen LogP contribution >= 0.6 is 22.9 Å². The number of ether oxygens (including phenoxy) is 1. The van der Waals surface area contributed by atoms with Crippen LogP contribution in [-0.2, 0) is 6.18 Å². The molecule has 0 saturated carbocycles. The average Bonchev–Trinajstić information content (AvgIpc) is 3.25. The van der Waals surface area contributed by atoms with Gasteiger partial charge < -0.3 is 10.1 Å². The first kappa shape index (κ1) is 24.6. The van der Waals surface area contributed by atoms with E-state index in [4.69, 9.17) is 16.3 Å². The van der Waals surface area contributed by atoms with E-state index in [0.29, 0.717) is 5.01 Å². The van der Waals surface area contributed by atoms with Gasteiger partial charge in [0.1, 0.15) is 21.9 Å². The van der Waals surface area contributed by atoms with Gasteiger partial charge in [-0.25, -0.2) is 15.0 Å². The minimum atomic E-state index is -4.53. The van der Waals surface area contributed by atoms with E-state index < -0.39 is 17.6 Å². The third-order valence-corrected chi connectivity index (χ3v) is 6.24. The second-order valence-corrected chi connectivity index (χ2v) is 8.56. The normalized spacial score (nSPS) is 12.3. The summed E-state index contributed by atoms with van der Waals surface area (Å²) in [5, 5.41) is 2.97. The maximum atomic E-state index is 13.1. The third-order valence-electron chi connectivity index (χ3n) is 4.68. The molecule has 3 aromatic rings. The number of amides is 1. The highest BCUT2D eigenvalue weighted by Gasteiger charge is 2.32. The predicted octanol–water partition coefficient (Wildman–Crippen LogP) is 5.55. The lowest BCUT2D eigenvalue weighted by Crippen LogP contribution is -2.13. The maximum absolute atomic E-state index is 13.1. The van der Waals surface area contributed by atoms with Crippen LogP contribution in [-0.4, -0.2) is 33.8 Å². The number of carbonyl (C=O) groups excluding carboxylic acids is 2. The van der Waals surface area contributed by atoms with E-state index in [1.54, 1.807) is 6.92 Å². The number of methoxy groups -OCH3 is 1. The lowest BCUT2D eigenvalue weighted by molar-refractivity contribution is -0.138. The average molecular weight is 499 g/mol. The third kappa shape index (κ3) is 5.66. The summed E-state index contributed by atoms with van der Waals surface area (Å²) >= 11 is 7.14. The Kier molecular flexibility index (Phi) is 7.33. The first-order valence-electron chi connectivity index (χ1n) is 9.53. The molecule has 3 rings (SSSR count). The molecular formula is C21H18ClF3N4O3S. The number of alkyl halides is 3. The second kappa shape index (κ2) is 9.84. The van der Waals surface area contributed by atoms with E-state index >= 15 is 0 Å². The monoisotopic (exact) mass is 498 g/mol. The van der Waals surface area contributed by atoms with Crippen LogP contribution in [0.25, 0.3) is 0 Å². The number of hydrogen-bond donors (Lipinski definition) is 1. The fourth-order valence-electron chi connectivity index (χ4n) is 2.97. The molecule has 0 saturated heterocycles. The number of benzene rings is 1. The quantitative estimate of drug-likeness (QED) is 0.429. The number of aryl methyl sites for hydroxylation is 1. The Balaban J connectivity index is 1.70. The SMILES string of the molecule is COc1ncnc(C(=O)CC(C)c2ncc(C(=O)Nc3ccc(C)c(C(F)(F)F)c3)s2)c1Cl. The number of thiazole rings is 1. The van der Waals surface area contributed by atoms with Gasteiger partial charge in [0.05, 0.1) is 23.9 Å². The molecule has 174 valence electrons. The number of ketones is 1. The molecule has 1 atom stereocenters. The summed E-state index contributed by atoms with van der Waals surface area (Å²) in [5.41, 5.74) is -0.730. The molecule has 2 heterocycles. The molecule has 0 fully saturated rings. The number of nitrogens with zero attached hydrogens (tertiary/aromatic N) is 3. The number of halogens is 4. The van der Waals surface area contributed by atoms with Crippen molar-refractivity contribution in [1.82, 2.24) is 15.0 Å². The summed E-state index contributed by atoms with van der Waals surface area (Å²) in [4.78, 5) is 37.2. The molecule has 12 heteroatoms. The van der Waals surface area contributed by atoms with Crippen LogP contribution in [0.2, 0.25) is 5.02 Å². The molecule has 0 aliphatic rings. The van der Waals surface area contributed by atoms with E-state index in [1.165, 1.54) is 38.7 Å². The van der Waals surface area contributed by atoms with Crippen LogP contribution in [0.4, 0.5) is 18.9 Å². The van der Waals surface area contributed by atoms with Crippen molar-refractivity contribution in [2.45, 2.75) is 32.4 Å². The van der Waals surface area contributed by atoms with E-state index in [2.05, 4.69) is 20.3 Å². The zero-order valence-corrected chi connectivity index (χ0v) is 19.2. The Labute approximate surface area is 196 Å². The van der Waals surface area contributed by atoms with E-state index in [-0.39, 0.29) is 50.8 Å². The molecule has 1 N–H and O–H groups in total. The summed E-state index contributed by atoms with van der Waals surface area (Å²) in [6, 6.07) is 3.57. The highest BCUT2D eigenvalue weighted by Crippen LogP contribution is 2.34. The van der Waals surface area contributed by atoms with Gasteiger partial charge in [0, 0.05) is 18.0 Å². The van der Waals surface area contributed by atoms with Crippen molar-refractivity contribution < 1.29 is 27.5 Å². The maximum Gasteiger partial charge on any atom is 0.416 e. The first-order chi connectivity index (χ1) is 15.5. The molecule has 2 aromatic heterocycles. The minimum absolute atomic E-state index is 0.00716. The summed E-state index contributed by atoms with van der Waals surface area (Å²) in [6.45, 7) is 3.09. The van der Waals surface area contributed by atoms with Crippen LogP contribution < -0.4 is 10.1 Å². The summed E-state index contributed by atoms with van der Waals surface area (Å²) < 4.78 is 44.3. The molecule has 7 nitrogen and oxygen atoms in total. The Morgan fingerprint density at radius 2 is 1.97 bits per heavy atom. The van der Waals surface area contributed by atoms with Crippen LogP contribution in [0.15, 0.2) is 30.7 Å². The molecule has 0 spiro atoms. The Morgan fingerprint density at radius 1 is 1.24 bits per heavy atom. The van der Waals surface area contributed by atoms with Gasteiger partial charge in [0.2, 0.25) is 5.88 Å². The first-order valence-corrected chi connectivity index (χ1v) is 10.7. The van der Waals surface area contributed by atoms with Gasteiger partial charge in [0.25, 0.3) is 5.91 Å². The van der Waals surface area contributed by atoms with Crippen molar-refractivity contribution >= 4 is 40.3 Å². The van der Waals surface area contributed by atoms with Crippen LogP contribution in [0.5, 0.6) is 5.88 Å². The zero-order chi connectivity index (χ0) is 24.3. The molecule has 0 bridgehead atoms. The molecule has 1 amide bonds. The lowest BCUT2D eigenvalue weighted by Gasteiger charge is -2.12. The largest absolute Gasteiger partial charge is 0.480 e. The molecule has 33 heavy (non-hydrogen) atoms. The number of Topliss-reactive ketones (excluding diaryl/α,β-unsaturated/α-hetero) is 1. The van der Waals surface area contributed by atoms with Crippen molar-refractivity contribution in [1.29, 1.82) is 0 Å². The fourth-order valence-corrected chi connectivity index (χ4v) is 4.12. The molecule has 0 aliphatic carbocycles. The lowest BCUT2D eigenvalue weighted by atomic mass is 10.0. The van der Waals surface area contributed by atoms with Crippen LogP contribution in [0.1, 0.15) is 55.6 Å². The predicted molar refractivity (Wildman–Crippen MR) is 117 cm³/mol. The molecular weight excluding hydrogens is 481 g/mol. The Bertz CT molecular complexity index is 1200. The van der Waals surface area contributed by atoms with Gasteiger partial charge >= 0.3 is 6.18 Å². The van der Waals surface area contributed by atoms with Gasteiger partial charge in [-0.2, -0.15) is 13.2 Å². The summed E-state index contributed by atoms with van der Waals surface area (Å²) in [5.74, 6) is -1.23. The highest BCUT2D eigenvalue weighted by molar-refractivity contribution is 7.13. The summed E-state index contributed by atoms with van der Waals surface area (Å²) in [7, 11) is 1.37. The van der Waals surface area contributed by atoms with Crippen molar-refractivity contribution in [2.24, 2.45) is 0 Å². The molecule has 0 radical (unpaired) electrons. The minimum Gasteiger partial charge on any atom is -0.480 e. The van der Waals surface area contributed by atoms with Crippen LogP contribution in [0, 0.1) is 6.92 Å². The van der Waals surface area contributed by atoms with Gasteiger partial charge in [-0.1, -0.05) is 24.6 Å². The van der Waals surface area contributed by atoms with Gasteiger partial charge in [0.15, 0.2) is 5.78 Å². The Hall–Kier alpha value is -3.05. The molecule has 1 unspecified atom stereocenters. The standard InChI is InChI=1S/C21H18ClF3N4O3S/c1-10-4-5-12(7-13(10)21(23,24)25)29-18(31)15-8-26-20(33-15)11(2)6-14(30)17-16(22)19(32-3)28-9-27-17/h4-5,7-9,11H,6H2,1-3H3,(H,29,31). The second-order valence-electron chi connectivity index (χ2n) is 7.12. The topological polar surface area (TPSA) is 94.1 Å². The molecule has 1 aromatic carbocycles. The number of carbonyl (C=O) groups is 2. The van der Waals surface area contributed by atoms with Gasteiger partial charge in [-0.3, -0.25) is 9.59 Å². The summed E-state index contributed by atoms with van der Waals surface area (Å²) in [6.07, 6.45) is -2.03. The highest BCUT2D eigenvalue weighted by atomic mass is 35.5. The van der Waals surface area contributed by atoms with E-state index in [1.807, 2.05) is 0 Å². The smallest absolute Gasteiger partial charge is 0.416 e. The number of aromatic nitrogens is 3. The molecule has 0 aliphatic heterocycles. The van der Waals surface area contributed by atoms with Crippen molar-refractivity contribution in [3.63, 3.8) is 0 Å². The number of hydrogen-bond acceptors (Lipinski definition) is 7. The van der Waals surface area contributed by atoms with Crippen LogP contribution in [0.3, 0.4) is 0 Å². The number of anilines is 1.